The SMILES string of the molecule is COc1ccc(C(=O)Cc2ncn(Cc3cccc(Cl)c3)c2Cl)cc1OC. The minimum atomic E-state index is -0.106. The van der Waals surface area contributed by atoms with E-state index >= 15 is 0 Å². The van der Waals surface area contributed by atoms with E-state index in [1.165, 1.54) is 7.11 Å². The molecule has 0 saturated heterocycles. The van der Waals surface area contributed by atoms with E-state index in [-0.39, 0.29) is 12.2 Å². The number of rotatable bonds is 7. The third kappa shape index (κ3) is 4.43. The Hall–Kier alpha value is -2.50. The number of hydrogen-bond acceptors (Lipinski definition) is 4. The van der Waals surface area contributed by atoms with Gasteiger partial charge in [-0.1, -0.05) is 35.3 Å². The molecule has 7 heteroatoms. The molecule has 0 aliphatic heterocycles. The van der Waals surface area contributed by atoms with Gasteiger partial charge >= 0.3 is 0 Å². The van der Waals surface area contributed by atoms with E-state index in [0.29, 0.717) is 39.5 Å². The highest BCUT2D eigenvalue weighted by Gasteiger charge is 2.16. The Balaban J connectivity index is 1.76. The predicted octanol–water partition coefficient (Wildman–Crippen LogP) is 4.68. The Morgan fingerprint density at radius 1 is 1.07 bits per heavy atom. The van der Waals surface area contributed by atoms with Gasteiger partial charge in [0.2, 0.25) is 0 Å². The van der Waals surface area contributed by atoms with Crippen molar-refractivity contribution in [2.45, 2.75) is 13.0 Å². The number of benzene rings is 2. The number of carbonyl (C=O) groups excluding carboxylic acids is 1. The lowest BCUT2D eigenvalue weighted by Gasteiger charge is -2.09. The van der Waals surface area contributed by atoms with Crippen LogP contribution in [0.25, 0.3) is 0 Å². The largest absolute Gasteiger partial charge is 0.493 e. The molecule has 0 atom stereocenters. The average molecular weight is 405 g/mol. The lowest BCUT2D eigenvalue weighted by Crippen LogP contribution is -2.06. The van der Waals surface area contributed by atoms with Crippen molar-refractivity contribution in [3.05, 3.63) is 75.8 Å². The van der Waals surface area contributed by atoms with Gasteiger partial charge in [-0.3, -0.25) is 4.79 Å². The number of hydrogen-bond donors (Lipinski definition) is 0. The van der Waals surface area contributed by atoms with E-state index in [0.717, 1.165) is 5.56 Å². The molecule has 0 aliphatic carbocycles. The molecular weight excluding hydrogens is 387 g/mol. The number of carbonyl (C=O) groups is 1. The van der Waals surface area contributed by atoms with Crippen LogP contribution in [-0.4, -0.2) is 29.6 Å². The van der Waals surface area contributed by atoms with Gasteiger partial charge in [0.15, 0.2) is 17.3 Å². The van der Waals surface area contributed by atoms with Crippen molar-refractivity contribution in [3.8, 4) is 11.5 Å². The molecule has 0 unspecified atom stereocenters. The Kier molecular flexibility index (Phi) is 6.04. The Morgan fingerprint density at radius 3 is 2.56 bits per heavy atom. The minimum absolute atomic E-state index is 0.0941. The summed E-state index contributed by atoms with van der Waals surface area (Å²) in [7, 11) is 3.08. The summed E-state index contributed by atoms with van der Waals surface area (Å²) in [5.74, 6) is 0.963. The van der Waals surface area contributed by atoms with Crippen LogP contribution in [0.2, 0.25) is 10.2 Å². The molecule has 0 N–H and O–H groups in total. The van der Waals surface area contributed by atoms with E-state index in [9.17, 15) is 4.79 Å². The van der Waals surface area contributed by atoms with Crippen molar-refractivity contribution >= 4 is 29.0 Å². The summed E-state index contributed by atoms with van der Waals surface area (Å²) in [4.78, 5) is 16.9. The molecule has 0 amide bonds. The first-order valence-electron chi connectivity index (χ1n) is 8.21. The van der Waals surface area contributed by atoms with Crippen LogP contribution in [0.4, 0.5) is 0 Å². The number of Topliss-reactive ketones (excluding diaryl/α,β-unsaturated/α-hetero) is 1. The van der Waals surface area contributed by atoms with Gasteiger partial charge in [-0.25, -0.2) is 4.98 Å². The quantitative estimate of drug-likeness (QED) is 0.536. The van der Waals surface area contributed by atoms with Gasteiger partial charge in [0.25, 0.3) is 0 Å². The number of imidazole rings is 1. The van der Waals surface area contributed by atoms with Crippen molar-refractivity contribution in [3.63, 3.8) is 0 Å². The molecule has 27 heavy (non-hydrogen) atoms. The van der Waals surface area contributed by atoms with Crippen molar-refractivity contribution in [2.75, 3.05) is 14.2 Å². The van der Waals surface area contributed by atoms with Crippen LogP contribution in [0, 0.1) is 0 Å². The molecule has 0 saturated carbocycles. The van der Waals surface area contributed by atoms with Crippen LogP contribution in [-0.2, 0) is 13.0 Å². The highest BCUT2D eigenvalue weighted by atomic mass is 35.5. The second-order valence-electron chi connectivity index (χ2n) is 5.91. The number of nitrogens with zero attached hydrogens (tertiary/aromatic N) is 2. The zero-order valence-electron chi connectivity index (χ0n) is 14.9. The maximum Gasteiger partial charge on any atom is 0.169 e. The zero-order chi connectivity index (χ0) is 19.4. The molecule has 1 aromatic heterocycles. The van der Waals surface area contributed by atoms with Crippen molar-refractivity contribution in [2.24, 2.45) is 0 Å². The predicted molar refractivity (Wildman–Crippen MR) is 105 cm³/mol. The molecule has 0 radical (unpaired) electrons. The summed E-state index contributed by atoms with van der Waals surface area (Å²) in [6.07, 6.45) is 1.72. The van der Waals surface area contributed by atoms with E-state index in [1.54, 1.807) is 36.2 Å². The smallest absolute Gasteiger partial charge is 0.169 e. The first-order chi connectivity index (χ1) is 13.0. The summed E-state index contributed by atoms with van der Waals surface area (Å²) >= 11 is 12.4. The van der Waals surface area contributed by atoms with Gasteiger partial charge in [-0.15, -0.1) is 0 Å². The van der Waals surface area contributed by atoms with Crippen molar-refractivity contribution in [1.29, 1.82) is 0 Å². The van der Waals surface area contributed by atoms with Gasteiger partial charge in [0, 0.05) is 17.1 Å². The minimum Gasteiger partial charge on any atom is -0.493 e. The van der Waals surface area contributed by atoms with Gasteiger partial charge in [-0.2, -0.15) is 0 Å². The molecule has 0 bridgehead atoms. The molecular formula is C20H18Cl2N2O3. The topological polar surface area (TPSA) is 53.3 Å². The van der Waals surface area contributed by atoms with Gasteiger partial charge in [0.1, 0.15) is 5.15 Å². The summed E-state index contributed by atoms with van der Waals surface area (Å²) in [6.45, 7) is 0.525. The summed E-state index contributed by atoms with van der Waals surface area (Å²) in [6, 6.07) is 12.6. The standard InChI is InChI=1S/C20H18Cl2N2O3/c1-26-18-7-6-14(9-19(18)27-2)17(25)10-16-20(22)24(12-23-16)11-13-4-3-5-15(21)8-13/h3-9,12H,10-11H2,1-2H3. The molecule has 0 fully saturated rings. The Labute approximate surface area is 167 Å². The van der Waals surface area contributed by atoms with E-state index in [4.69, 9.17) is 32.7 Å². The summed E-state index contributed by atoms with van der Waals surface area (Å²) in [5.41, 5.74) is 2.03. The van der Waals surface area contributed by atoms with Crippen LogP contribution < -0.4 is 9.47 Å². The lowest BCUT2D eigenvalue weighted by atomic mass is 10.1. The highest BCUT2D eigenvalue weighted by molar-refractivity contribution is 6.31. The third-order valence-electron chi connectivity index (χ3n) is 4.12. The number of ether oxygens (including phenoxy) is 2. The molecule has 1 heterocycles. The number of aromatic nitrogens is 2. The monoisotopic (exact) mass is 404 g/mol. The van der Waals surface area contributed by atoms with Crippen LogP contribution in [0.5, 0.6) is 11.5 Å². The molecule has 2 aromatic carbocycles. The molecule has 5 nitrogen and oxygen atoms in total. The second kappa shape index (κ2) is 8.46. The molecule has 3 rings (SSSR count). The van der Waals surface area contributed by atoms with Gasteiger partial charge in [0.05, 0.1) is 32.7 Å². The highest BCUT2D eigenvalue weighted by Crippen LogP contribution is 2.28. The number of halogens is 2. The van der Waals surface area contributed by atoms with Crippen LogP contribution in [0.3, 0.4) is 0 Å². The van der Waals surface area contributed by atoms with E-state index < -0.39 is 0 Å². The number of ketones is 1. The van der Waals surface area contributed by atoms with Crippen LogP contribution in [0.15, 0.2) is 48.8 Å². The van der Waals surface area contributed by atoms with E-state index in [2.05, 4.69) is 4.98 Å². The van der Waals surface area contributed by atoms with Gasteiger partial charge in [-0.05, 0) is 35.9 Å². The molecule has 0 aliphatic rings. The Bertz CT molecular complexity index is 970. The third-order valence-corrected chi connectivity index (χ3v) is 4.79. The average Bonchev–Trinajstić information content (AvgIpc) is 3.00. The number of methoxy groups -OCH3 is 2. The van der Waals surface area contributed by atoms with Crippen molar-refractivity contribution in [1.82, 2.24) is 9.55 Å². The molecule has 3 aromatic rings. The fourth-order valence-corrected chi connectivity index (χ4v) is 3.17. The first-order valence-corrected chi connectivity index (χ1v) is 8.96. The van der Waals surface area contributed by atoms with Gasteiger partial charge < -0.3 is 14.0 Å². The lowest BCUT2D eigenvalue weighted by molar-refractivity contribution is 0.0991. The van der Waals surface area contributed by atoms with E-state index in [1.807, 2.05) is 24.3 Å². The second-order valence-corrected chi connectivity index (χ2v) is 6.70. The fourth-order valence-electron chi connectivity index (χ4n) is 2.73. The summed E-state index contributed by atoms with van der Waals surface area (Å²) < 4.78 is 12.2. The molecule has 140 valence electrons. The maximum absolute atomic E-state index is 12.6. The van der Waals surface area contributed by atoms with Crippen molar-refractivity contribution < 1.29 is 14.3 Å². The Morgan fingerprint density at radius 2 is 1.85 bits per heavy atom. The zero-order valence-corrected chi connectivity index (χ0v) is 16.4. The fraction of sp³-hybridized carbons (Fsp3) is 0.200. The first kappa shape index (κ1) is 19.3. The molecule has 0 spiro atoms. The normalized spacial score (nSPS) is 10.7. The maximum atomic E-state index is 12.6. The van der Waals surface area contributed by atoms with Crippen LogP contribution >= 0.6 is 23.2 Å². The van der Waals surface area contributed by atoms with Crippen LogP contribution in [0.1, 0.15) is 21.6 Å². The summed E-state index contributed by atoms with van der Waals surface area (Å²) in [5, 5.41) is 1.09.